The average Bonchev–Trinajstić information content (AvgIpc) is 2.52. The molecule has 0 fully saturated rings. The molecule has 0 aliphatic carbocycles. The number of allylic oxidation sites excluding steroid dienone is 1. The molecule has 0 heterocycles. The molecule has 0 aromatic heterocycles. The lowest BCUT2D eigenvalue weighted by Gasteiger charge is -2.12. The van der Waals surface area contributed by atoms with Crippen molar-refractivity contribution in [1.82, 2.24) is 0 Å². The lowest BCUT2D eigenvalue weighted by Crippen LogP contribution is -2.23. The fourth-order valence-corrected chi connectivity index (χ4v) is 1.61. The number of rotatable bonds is 7. The van der Waals surface area contributed by atoms with Crippen LogP contribution in [0.3, 0.4) is 0 Å². The van der Waals surface area contributed by atoms with E-state index in [1.165, 1.54) is 38.5 Å². The number of carbonyl (C=O) groups excluding carboxylic acids is 1. The van der Waals surface area contributed by atoms with Crippen molar-refractivity contribution in [3.63, 3.8) is 0 Å². The molecule has 0 aliphatic rings. The molecule has 1 rings (SSSR count). The molecule has 1 aromatic rings. The molecule has 0 spiro atoms. The summed E-state index contributed by atoms with van der Waals surface area (Å²) < 4.78 is 36.9. The van der Waals surface area contributed by atoms with Crippen LogP contribution in [0.5, 0.6) is 5.75 Å². The number of carbonyl (C=O) groups is 1. The van der Waals surface area contributed by atoms with Crippen LogP contribution in [-0.2, 0) is 9.53 Å². The van der Waals surface area contributed by atoms with Crippen molar-refractivity contribution in [2.24, 2.45) is 4.99 Å². The highest BCUT2D eigenvalue weighted by molar-refractivity contribution is 6.67. The molecule has 22 heavy (non-hydrogen) atoms. The largest absolute Gasteiger partial charge is 0.497 e. The van der Waals surface area contributed by atoms with Crippen LogP contribution in [0.4, 0.5) is 14.5 Å². The van der Waals surface area contributed by atoms with Gasteiger partial charge in [-0.15, -0.1) is 0 Å². The van der Waals surface area contributed by atoms with Gasteiger partial charge < -0.3 is 9.47 Å². The van der Waals surface area contributed by atoms with E-state index in [0.29, 0.717) is 11.4 Å². The zero-order valence-corrected chi connectivity index (χ0v) is 12.9. The maximum absolute atomic E-state index is 13.8. The Morgan fingerprint density at radius 1 is 1.27 bits per heavy atom. The maximum Gasteiger partial charge on any atom is 0.309 e. The van der Waals surface area contributed by atoms with E-state index in [1.807, 2.05) is 0 Å². The van der Waals surface area contributed by atoms with Gasteiger partial charge >= 0.3 is 11.9 Å². The first-order chi connectivity index (χ1) is 10.4. The summed E-state index contributed by atoms with van der Waals surface area (Å²) in [6.45, 7) is 0. The highest BCUT2D eigenvalue weighted by Crippen LogP contribution is 2.27. The van der Waals surface area contributed by atoms with Crippen LogP contribution >= 0.6 is 11.6 Å². The molecule has 0 amide bonds. The minimum absolute atomic E-state index is 0.0696. The smallest absolute Gasteiger partial charge is 0.309 e. The average molecular weight is 332 g/mol. The number of methoxy groups -OCH3 is 2. The summed E-state index contributed by atoms with van der Waals surface area (Å²) in [6, 6.07) is 6.23. The fraction of sp³-hybridized carbons (Fsp3) is 0.333. The van der Waals surface area contributed by atoms with Crippen molar-refractivity contribution in [2.75, 3.05) is 14.2 Å². The van der Waals surface area contributed by atoms with E-state index in [1.54, 1.807) is 12.1 Å². The van der Waals surface area contributed by atoms with E-state index in [9.17, 15) is 13.6 Å². The number of ether oxygens (including phenoxy) is 2. The Balaban J connectivity index is 2.69. The van der Waals surface area contributed by atoms with Gasteiger partial charge in [0.05, 0.1) is 26.3 Å². The summed E-state index contributed by atoms with van der Waals surface area (Å²) >= 11 is 5.59. The predicted molar refractivity (Wildman–Crippen MR) is 81.3 cm³/mol. The summed E-state index contributed by atoms with van der Waals surface area (Å²) in [6.07, 6.45) is 1.75. The number of benzene rings is 1. The van der Waals surface area contributed by atoms with Gasteiger partial charge in [0.2, 0.25) is 0 Å². The Bertz CT molecular complexity index is 556. The first kappa shape index (κ1) is 18.1. The highest BCUT2D eigenvalue weighted by atomic mass is 35.5. The Morgan fingerprint density at radius 3 is 2.45 bits per heavy atom. The van der Waals surface area contributed by atoms with E-state index in [0.717, 1.165) is 0 Å². The number of alkyl halides is 2. The number of nitrogens with zero attached hydrogens (tertiary/aromatic N) is 1. The Morgan fingerprint density at radius 2 is 1.91 bits per heavy atom. The van der Waals surface area contributed by atoms with Crippen LogP contribution in [-0.4, -0.2) is 31.3 Å². The van der Waals surface area contributed by atoms with Crippen LogP contribution in [0.2, 0.25) is 0 Å². The second kappa shape index (κ2) is 8.48. The van der Waals surface area contributed by atoms with Crippen molar-refractivity contribution in [3.05, 3.63) is 36.4 Å². The summed E-state index contributed by atoms with van der Waals surface area (Å²) in [5, 5.41) is -0.819. The molecule has 0 unspecified atom stereocenters. The lowest BCUT2D eigenvalue weighted by molar-refractivity contribution is -0.139. The van der Waals surface area contributed by atoms with Gasteiger partial charge in [0.15, 0.2) is 5.17 Å². The molecule has 4 nitrogen and oxygen atoms in total. The topological polar surface area (TPSA) is 47.9 Å². The molecule has 0 radical (unpaired) electrons. The first-order valence-corrected chi connectivity index (χ1v) is 6.75. The highest BCUT2D eigenvalue weighted by Gasteiger charge is 2.33. The third kappa shape index (κ3) is 5.81. The first-order valence-electron chi connectivity index (χ1n) is 6.37. The normalized spacial score (nSPS) is 12.5. The zero-order chi connectivity index (χ0) is 16.6. The van der Waals surface area contributed by atoms with E-state index in [2.05, 4.69) is 9.73 Å². The molecular formula is C15H16ClF2NO3. The van der Waals surface area contributed by atoms with Crippen molar-refractivity contribution >= 4 is 28.4 Å². The molecule has 120 valence electrons. The van der Waals surface area contributed by atoms with Crippen LogP contribution in [0.1, 0.15) is 12.8 Å². The molecule has 0 N–H and O–H groups in total. The molecule has 0 saturated carbocycles. The van der Waals surface area contributed by atoms with Gasteiger partial charge in [-0.25, -0.2) is 4.99 Å². The SMILES string of the molecule is COC(=O)C/C=C/CC(F)(F)C(Cl)=Nc1ccc(OC)cc1. The van der Waals surface area contributed by atoms with Crippen molar-refractivity contribution in [1.29, 1.82) is 0 Å². The van der Waals surface area contributed by atoms with E-state index in [-0.39, 0.29) is 6.42 Å². The summed E-state index contributed by atoms with van der Waals surface area (Å²) in [5.41, 5.74) is 0.295. The lowest BCUT2D eigenvalue weighted by atomic mass is 10.2. The van der Waals surface area contributed by atoms with Gasteiger partial charge in [0, 0.05) is 6.42 Å². The summed E-state index contributed by atoms with van der Waals surface area (Å²) in [5.74, 6) is -3.22. The van der Waals surface area contributed by atoms with Crippen LogP contribution in [0.25, 0.3) is 0 Å². The minimum Gasteiger partial charge on any atom is -0.497 e. The third-order valence-electron chi connectivity index (χ3n) is 2.65. The molecule has 0 aliphatic heterocycles. The van der Waals surface area contributed by atoms with Crippen LogP contribution < -0.4 is 4.74 Å². The number of esters is 1. The van der Waals surface area contributed by atoms with Gasteiger partial charge in [0.1, 0.15) is 5.75 Å². The van der Waals surface area contributed by atoms with Gasteiger partial charge in [0.25, 0.3) is 0 Å². The van der Waals surface area contributed by atoms with Gasteiger partial charge in [-0.2, -0.15) is 8.78 Å². The molecule has 0 bridgehead atoms. The second-order valence-electron chi connectivity index (χ2n) is 4.26. The summed E-state index contributed by atoms with van der Waals surface area (Å²) in [7, 11) is 2.73. The van der Waals surface area contributed by atoms with Crippen molar-refractivity contribution in [3.8, 4) is 5.75 Å². The quantitative estimate of drug-likeness (QED) is 0.429. The molecule has 0 saturated heterocycles. The standard InChI is InChI=1S/C15H16ClF2NO3/c1-21-12-8-6-11(7-9-12)19-14(16)15(17,18)10-4-3-5-13(20)22-2/h3-4,6-9H,5,10H2,1-2H3/b4-3+,19-14?. The predicted octanol–water partition coefficient (Wildman–Crippen LogP) is 4.11. The van der Waals surface area contributed by atoms with Crippen molar-refractivity contribution < 1.29 is 23.0 Å². The second-order valence-corrected chi connectivity index (χ2v) is 4.62. The summed E-state index contributed by atoms with van der Waals surface area (Å²) in [4.78, 5) is 14.5. The number of aliphatic imine (C=N–C) groups is 1. The zero-order valence-electron chi connectivity index (χ0n) is 12.2. The fourth-order valence-electron chi connectivity index (χ4n) is 1.43. The van der Waals surface area contributed by atoms with E-state index >= 15 is 0 Å². The molecule has 0 atom stereocenters. The number of hydrogen-bond acceptors (Lipinski definition) is 4. The third-order valence-corrected chi connectivity index (χ3v) is 3.02. The maximum atomic E-state index is 13.8. The molecule has 1 aromatic carbocycles. The van der Waals surface area contributed by atoms with Crippen LogP contribution in [0.15, 0.2) is 41.4 Å². The minimum atomic E-state index is -3.31. The Labute approximate surface area is 132 Å². The molecule has 7 heteroatoms. The van der Waals surface area contributed by atoms with Gasteiger partial charge in [-0.1, -0.05) is 23.8 Å². The monoisotopic (exact) mass is 331 g/mol. The van der Waals surface area contributed by atoms with Gasteiger partial charge in [-0.3, -0.25) is 4.79 Å². The molecular weight excluding hydrogens is 316 g/mol. The Hall–Kier alpha value is -1.95. The van der Waals surface area contributed by atoms with E-state index < -0.39 is 23.5 Å². The van der Waals surface area contributed by atoms with E-state index in [4.69, 9.17) is 16.3 Å². The Kier molecular flexibility index (Phi) is 6.98. The number of hydrogen-bond donors (Lipinski definition) is 0. The van der Waals surface area contributed by atoms with Crippen LogP contribution in [0, 0.1) is 0 Å². The van der Waals surface area contributed by atoms with Gasteiger partial charge in [-0.05, 0) is 24.3 Å². The number of halogens is 3. The van der Waals surface area contributed by atoms with Crippen molar-refractivity contribution in [2.45, 2.75) is 18.8 Å².